The van der Waals surface area contributed by atoms with Gasteiger partial charge in [0.2, 0.25) is 15.9 Å². The third-order valence-electron chi connectivity index (χ3n) is 6.73. The van der Waals surface area contributed by atoms with Crippen molar-refractivity contribution in [2.75, 3.05) is 44.2 Å². The number of sulfonamides is 1. The molecule has 2 aromatic heterocycles. The first-order valence-corrected chi connectivity index (χ1v) is 12.6. The predicted octanol–water partition coefficient (Wildman–Crippen LogP) is 2.07. The lowest BCUT2D eigenvalue weighted by molar-refractivity contribution is -0.137. The van der Waals surface area contributed by atoms with Gasteiger partial charge in [-0.05, 0) is 44.7 Å². The van der Waals surface area contributed by atoms with Gasteiger partial charge >= 0.3 is 0 Å². The minimum atomic E-state index is -3.63. The predicted molar refractivity (Wildman–Crippen MR) is 120 cm³/mol. The molecule has 0 aliphatic carbocycles. The van der Waals surface area contributed by atoms with E-state index in [0.29, 0.717) is 50.5 Å². The molecule has 0 radical (unpaired) electrons. The topological polar surface area (TPSA) is 99.8 Å². The summed E-state index contributed by atoms with van der Waals surface area (Å²) in [4.78, 5) is 21.8. The van der Waals surface area contributed by atoms with E-state index in [0.717, 1.165) is 18.9 Å². The van der Waals surface area contributed by atoms with E-state index in [1.807, 2.05) is 30.0 Å². The summed E-state index contributed by atoms with van der Waals surface area (Å²) in [5.41, 5.74) is 0.387. The van der Waals surface area contributed by atoms with Gasteiger partial charge in [-0.15, -0.1) is 0 Å². The summed E-state index contributed by atoms with van der Waals surface area (Å²) in [6, 6.07) is 5.86. The van der Waals surface area contributed by atoms with E-state index in [2.05, 4.69) is 15.0 Å². The molecule has 0 aromatic carbocycles. The summed E-state index contributed by atoms with van der Waals surface area (Å²) < 4.78 is 32.6. The largest absolute Gasteiger partial charge is 0.360 e. The highest BCUT2D eigenvalue weighted by atomic mass is 32.2. The normalized spacial score (nSPS) is 19.8. The minimum absolute atomic E-state index is 0.125. The molecule has 174 valence electrons. The van der Waals surface area contributed by atoms with Gasteiger partial charge in [0.15, 0.2) is 5.76 Å². The van der Waals surface area contributed by atoms with Gasteiger partial charge in [-0.3, -0.25) is 4.79 Å². The van der Waals surface area contributed by atoms with Crippen molar-refractivity contribution in [2.45, 2.75) is 38.5 Å². The molecule has 2 aliphatic heterocycles. The van der Waals surface area contributed by atoms with Crippen LogP contribution in [-0.4, -0.2) is 72.9 Å². The van der Waals surface area contributed by atoms with Crippen LogP contribution >= 0.6 is 0 Å². The zero-order valence-electron chi connectivity index (χ0n) is 18.9. The summed E-state index contributed by atoms with van der Waals surface area (Å²) in [5.74, 6) is 1.47. The first-order chi connectivity index (χ1) is 15.3. The smallest absolute Gasteiger partial charge is 0.248 e. The Balaban J connectivity index is 1.32. The highest BCUT2D eigenvalue weighted by Gasteiger charge is 2.37. The molecule has 9 nitrogen and oxygen atoms in total. The first-order valence-electron chi connectivity index (χ1n) is 11.2. The minimum Gasteiger partial charge on any atom is -0.360 e. The van der Waals surface area contributed by atoms with Crippen LogP contribution in [0.25, 0.3) is 0 Å². The molecule has 4 rings (SSSR count). The quantitative estimate of drug-likeness (QED) is 0.672. The van der Waals surface area contributed by atoms with Gasteiger partial charge in [-0.25, -0.2) is 13.4 Å². The second kappa shape index (κ2) is 9.19. The summed E-state index contributed by atoms with van der Waals surface area (Å²) in [7, 11) is -3.63. The van der Waals surface area contributed by atoms with E-state index in [-0.39, 0.29) is 22.6 Å². The monoisotopic (exact) mass is 461 g/mol. The van der Waals surface area contributed by atoms with Crippen molar-refractivity contribution in [3.05, 3.63) is 35.9 Å². The molecule has 0 spiro atoms. The zero-order valence-corrected chi connectivity index (χ0v) is 19.7. The number of carbonyl (C=O) groups excluding carboxylic acids is 1. The van der Waals surface area contributed by atoms with E-state index >= 15 is 0 Å². The van der Waals surface area contributed by atoms with Crippen LogP contribution in [0.2, 0.25) is 0 Å². The van der Waals surface area contributed by atoms with Crippen molar-refractivity contribution in [1.82, 2.24) is 19.3 Å². The van der Waals surface area contributed by atoms with Crippen molar-refractivity contribution in [3.63, 3.8) is 0 Å². The third-order valence-corrected chi connectivity index (χ3v) is 8.87. The Kier molecular flexibility index (Phi) is 6.52. The summed E-state index contributed by atoms with van der Waals surface area (Å²) in [5, 5.41) is 3.78. The van der Waals surface area contributed by atoms with E-state index in [9.17, 15) is 13.2 Å². The van der Waals surface area contributed by atoms with Crippen molar-refractivity contribution >= 4 is 21.7 Å². The summed E-state index contributed by atoms with van der Waals surface area (Å²) in [6.07, 6.45) is 3.13. The number of piperazine rings is 1. The number of anilines is 1. The number of hydrogen-bond donors (Lipinski definition) is 0. The summed E-state index contributed by atoms with van der Waals surface area (Å²) in [6.45, 7) is 8.95. The molecular weight excluding hydrogens is 430 g/mol. The molecule has 2 aliphatic rings. The molecule has 4 heterocycles. The number of hydrogen-bond acceptors (Lipinski definition) is 7. The maximum atomic E-state index is 13.1. The van der Waals surface area contributed by atoms with Gasteiger partial charge in [-0.1, -0.05) is 18.1 Å². The molecule has 10 heteroatoms. The Hall–Kier alpha value is -2.46. The molecule has 0 N–H and O–H groups in total. The van der Waals surface area contributed by atoms with Crippen molar-refractivity contribution < 1.29 is 17.7 Å². The Morgan fingerprint density at radius 1 is 1.09 bits per heavy atom. The standard InChI is InChI=1S/C22H31N5O4S/c1-16(22(28)26-14-12-25(13-15-26)20-6-4-5-9-23-20)19-7-10-27(11-8-19)32(29,30)21-17(2)24-31-18(21)3/h4-6,9,16,19H,7-8,10-15H2,1-3H3. The van der Waals surface area contributed by atoms with Gasteiger partial charge in [0.05, 0.1) is 0 Å². The van der Waals surface area contributed by atoms with Gasteiger partial charge in [0, 0.05) is 51.4 Å². The van der Waals surface area contributed by atoms with Crippen LogP contribution in [0.4, 0.5) is 5.82 Å². The van der Waals surface area contributed by atoms with Gasteiger partial charge in [-0.2, -0.15) is 4.31 Å². The number of piperidine rings is 1. The average Bonchev–Trinajstić information content (AvgIpc) is 3.17. The fourth-order valence-electron chi connectivity index (χ4n) is 4.77. The zero-order chi connectivity index (χ0) is 22.9. The second-order valence-corrected chi connectivity index (χ2v) is 10.6. The number of aryl methyl sites for hydroxylation is 2. The Bertz CT molecular complexity index is 1020. The molecular formula is C22H31N5O4S. The second-order valence-electron chi connectivity index (χ2n) is 8.68. The van der Waals surface area contributed by atoms with Crippen LogP contribution in [0.15, 0.2) is 33.8 Å². The van der Waals surface area contributed by atoms with Crippen LogP contribution < -0.4 is 4.90 Å². The van der Waals surface area contributed by atoms with E-state index in [4.69, 9.17) is 4.52 Å². The van der Waals surface area contributed by atoms with Crippen molar-refractivity contribution in [1.29, 1.82) is 0 Å². The van der Waals surface area contributed by atoms with Crippen molar-refractivity contribution in [3.8, 4) is 0 Å². The van der Waals surface area contributed by atoms with Crippen LogP contribution in [0.5, 0.6) is 0 Å². The number of pyridine rings is 1. The summed E-state index contributed by atoms with van der Waals surface area (Å²) >= 11 is 0. The number of nitrogens with zero attached hydrogens (tertiary/aromatic N) is 5. The first kappa shape index (κ1) is 22.7. The highest BCUT2D eigenvalue weighted by Crippen LogP contribution is 2.31. The SMILES string of the molecule is Cc1noc(C)c1S(=O)(=O)N1CCC(C(C)C(=O)N2CCN(c3ccccn3)CC2)CC1. The fourth-order valence-corrected chi connectivity index (χ4v) is 6.54. The number of amides is 1. The maximum absolute atomic E-state index is 13.1. The number of aromatic nitrogens is 2. The van der Waals surface area contributed by atoms with E-state index in [1.54, 1.807) is 20.0 Å². The Morgan fingerprint density at radius 2 is 1.78 bits per heavy atom. The van der Waals surface area contributed by atoms with Crippen LogP contribution in [0, 0.1) is 25.7 Å². The van der Waals surface area contributed by atoms with Gasteiger partial charge in [0.25, 0.3) is 0 Å². The van der Waals surface area contributed by atoms with Gasteiger partial charge in [0.1, 0.15) is 16.4 Å². The lowest BCUT2D eigenvalue weighted by atomic mass is 9.85. The molecule has 2 fully saturated rings. The van der Waals surface area contributed by atoms with E-state index < -0.39 is 10.0 Å². The molecule has 1 unspecified atom stereocenters. The molecule has 1 atom stereocenters. The molecule has 2 saturated heterocycles. The Labute approximate surface area is 189 Å². The number of carbonyl (C=O) groups is 1. The highest BCUT2D eigenvalue weighted by molar-refractivity contribution is 7.89. The van der Waals surface area contributed by atoms with Crippen LogP contribution in [0.1, 0.15) is 31.2 Å². The molecule has 32 heavy (non-hydrogen) atoms. The molecule has 1 amide bonds. The molecule has 0 bridgehead atoms. The Morgan fingerprint density at radius 3 is 2.34 bits per heavy atom. The van der Waals surface area contributed by atoms with E-state index in [1.165, 1.54) is 4.31 Å². The van der Waals surface area contributed by atoms with Crippen LogP contribution in [-0.2, 0) is 14.8 Å². The lowest BCUT2D eigenvalue weighted by Gasteiger charge is -2.39. The molecule has 2 aromatic rings. The maximum Gasteiger partial charge on any atom is 0.248 e. The van der Waals surface area contributed by atoms with Crippen molar-refractivity contribution in [2.24, 2.45) is 11.8 Å². The third kappa shape index (κ3) is 4.38. The van der Waals surface area contributed by atoms with Gasteiger partial charge < -0.3 is 14.3 Å². The number of rotatable bonds is 5. The fraction of sp³-hybridized carbons (Fsp3) is 0.591. The average molecular weight is 462 g/mol. The molecule has 0 saturated carbocycles. The lowest BCUT2D eigenvalue weighted by Crippen LogP contribution is -2.51. The van der Waals surface area contributed by atoms with Crippen LogP contribution in [0.3, 0.4) is 0 Å².